The second-order valence-electron chi connectivity index (χ2n) is 17.4. The van der Waals surface area contributed by atoms with Crippen LogP contribution in [0.25, 0.3) is 22.1 Å². The average molecular weight is 1020 g/mol. The summed E-state index contributed by atoms with van der Waals surface area (Å²) in [6, 6.07) is 20.9. The van der Waals surface area contributed by atoms with Crippen LogP contribution in [0, 0.1) is 0 Å². The van der Waals surface area contributed by atoms with Crippen LogP contribution < -0.4 is 36.5 Å². The van der Waals surface area contributed by atoms with Gasteiger partial charge in [-0.15, -0.1) is 23.2 Å². The largest absolute Gasteiger partial charge is 0.494 e. The molecular weight excluding hydrogens is 960 g/mol. The number of amidine groups is 2. The van der Waals surface area contributed by atoms with Crippen LogP contribution in [0.1, 0.15) is 116 Å². The fourth-order valence-corrected chi connectivity index (χ4v) is 9.83. The maximum Gasteiger partial charge on any atom is 0.255 e. The van der Waals surface area contributed by atoms with Crippen LogP contribution in [0.2, 0.25) is 0 Å². The molecule has 0 bridgehead atoms. The van der Waals surface area contributed by atoms with Crippen molar-refractivity contribution in [3.63, 3.8) is 0 Å². The molecule has 18 nitrogen and oxygen atoms in total. The van der Waals surface area contributed by atoms with E-state index in [-0.39, 0.29) is 35.0 Å². The highest BCUT2D eigenvalue weighted by Crippen LogP contribution is 2.33. The van der Waals surface area contributed by atoms with Crippen LogP contribution in [0.4, 0.5) is 0 Å². The second kappa shape index (κ2) is 23.4. The smallest absolute Gasteiger partial charge is 0.255 e. The van der Waals surface area contributed by atoms with Gasteiger partial charge in [0.2, 0.25) is 0 Å². The number of methoxy groups -OCH3 is 2. The quantitative estimate of drug-likeness (QED) is 0.0198. The van der Waals surface area contributed by atoms with Gasteiger partial charge in [-0.25, -0.2) is 9.97 Å². The van der Waals surface area contributed by atoms with Crippen LogP contribution in [0.15, 0.2) is 82.8 Å². The molecule has 20 heteroatoms. The van der Waals surface area contributed by atoms with Gasteiger partial charge in [0.05, 0.1) is 71.4 Å². The molecule has 2 atom stereocenters. The highest BCUT2D eigenvalue weighted by Gasteiger charge is 2.33. The first-order chi connectivity index (χ1) is 35.0. The number of alkyl halides is 2. The molecule has 8 rings (SSSR count). The molecule has 2 aliphatic heterocycles. The maximum absolute atomic E-state index is 14.3. The number of nitrogens with two attached hydrogens (primary N) is 1. The lowest BCUT2D eigenvalue weighted by Gasteiger charge is -2.21. The number of aromatic nitrogens is 4. The SMILES string of the molecule is CCN1Cc2cccc(C(=O)N[C@@H](CCCN=C(CCl)NCCn3c([C@H](CCCN=C(N)CCl)NC(=O)c4cccc5c4C(=O)NC5)nc4c(OC)cccc43)c3nc4c(OC)cccc4n3CC)c2C1=O. The predicted molar refractivity (Wildman–Crippen MR) is 280 cm³/mol. The zero-order chi connectivity index (χ0) is 50.9. The van der Waals surface area contributed by atoms with Gasteiger partial charge in [0.1, 0.15) is 45.9 Å². The second-order valence-corrected chi connectivity index (χ2v) is 17.9. The van der Waals surface area contributed by atoms with Gasteiger partial charge >= 0.3 is 0 Å². The van der Waals surface area contributed by atoms with Gasteiger partial charge in [0, 0.05) is 52.4 Å². The first-order valence-electron chi connectivity index (χ1n) is 24.2. The van der Waals surface area contributed by atoms with Crippen LogP contribution >= 0.6 is 23.2 Å². The Morgan fingerprint density at radius 3 is 1.90 bits per heavy atom. The first kappa shape index (κ1) is 51.2. The minimum absolute atomic E-state index is 0.105. The summed E-state index contributed by atoms with van der Waals surface area (Å²) < 4.78 is 15.5. The third-order valence-electron chi connectivity index (χ3n) is 13.1. The van der Waals surface area contributed by atoms with Crippen LogP contribution in [0.3, 0.4) is 0 Å². The zero-order valence-electron chi connectivity index (χ0n) is 40.9. The number of aliphatic imine (C=N–C) groups is 2. The lowest BCUT2D eigenvalue weighted by molar-refractivity contribution is 0.0780. The normalized spacial score (nSPS) is 14.3. The molecule has 2 aliphatic rings. The number of nitrogens with zero attached hydrogens (tertiary/aromatic N) is 7. The Bertz CT molecular complexity index is 3060. The first-order valence-corrected chi connectivity index (χ1v) is 25.3. The minimum Gasteiger partial charge on any atom is -0.494 e. The topological polar surface area (TPSA) is 224 Å². The molecule has 0 unspecified atom stereocenters. The summed E-state index contributed by atoms with van der Waals surface area (Å²) >= 11 is 12.4. The monoisotopic (exact) mass is 1020 g/mol. The number of aryl methyl sites for hydroxylation is 1. The molecular formula is C52H60Cl2N12O6. The van der Waals surface area contributed by atoms with E-state index in [1.165, 1.54) is 0 Å². The van der Waals surface area contributed by atoms with E-state index in [2.05, 4.69) is 30.8 Å². The number of halogens is 2. The Hall–Kier alpha value is -7.18. The summed E-state index contributed by atoms with van der Waals surface area (Å²) in [5.41, 5.74) is 11.9. The highest BCUT2D eigenvalue weighted by molar-refractivity contribution is 6.28. The third-order valence-corrected chi connectivity index (χ3v) is 13.6. The Kier molecular flexibility index (Phi) is 16.6. The molecule has 4 amide bonds. The number of benzene rings is 4. The maximum atomic E-state index is 14.3. The number of ether oxygens (including phenoxy) is 2. The summed E-state index contributed by atoms with van der Waals surface area (Å²) in [5.74, 6) is 2.32. The summed E-state index contributed by atoms with van der Waals surface area (Å²) in [4.78, 5) is 75.8. The van der Waals surface area contributed by atoms with Gasteiger partial charge in [0.15, 0.2) is 0 Å². The van der Waals surface area contributed by atoms with Gasteiger partial charge in [-0.2, -0.15) is 0 Å². The molecule has 0 radical (unpaired) electrons. The molecule has 4 aromatic carbocycles. The van der Waals surface area contributed by atoms with Crippen molar-refractivity contribution in [1.29, 1.82) is 0 Å². The van der Waals surface area contributed by atoms with Gasteiger partial charge in [-0.1, -0.05) is 36.4 Å². The summed E-state index contributed by atoms with van der Waals surface area (Å²) in [6.45, 7) is 7.45. The Morgan fingerprint density at radius 2 is 1.32 bits per heavy atom. The fourth-order valence-electron chi connectivity index (χ4n) is 9.57. The number of carbonyl (C=O) groups excluding carboxylic acids is 4. The average Bonchev–Trinajstić information content (AvgIpc) is 4.18. The van der Waals surface area contributed by atoms with E-state index >= 15 is 0 Å². The van der Waals surface area contributed by atoms with Gasteiger partial charge in [-0.05, 0) is 87.1 Å². The Morgan fingerprint density at radius 1 is 0.750 bits per heavy atom. The zero-order valence-corrected chi connectivity index (χ0v) is 42.4. The number of amides is 4. The van der Waals surface area contributed by atoms with E-state index in [9.17, 15) is 19.2 Å². The third kappa shape index (κ3) is 10.7. The molecule has 0 spiro atoms. The molecule has 0 aliphatic carbocycles. The molecule has 72 heavy (non-hydrogen) atoms. The number of rotatable bonds is 23. The van der Waals surface area contributed by atoms with Crippen molar-refractivity contribution in [3.8, 4) is 11.5 Å². The van der Waals surface area contributed by atoms with Crippen LogP contribution in [0.5, 0.6) is 11.5 Å². The van der Waals surface area contributed by atoms with E-state index in [1.807, 2.05) is 73.0 Å². The van der Waals surface area contributed by atoms with Crippen LogP contribution in [-0.4, -0.2) is 111 Å². The molecule has 0 fully saturated rings. The van der Waals surface area contributed by atoms with Crippen molar-refractivity contribution in [3.05, 3.63) is 118 Å². The number of para-hydroxylation sites is 2. The van der Waals surface area contributed by atoms with Gasteiger partial charge in [-0.3, -0.25) is 29.2 Å². The van der Waals surface area contributed by atoms with E-state index in [1.54, 1.807) is 37.3 Å². The summed E-state index contributed by atoms with van der Waals surface area (Å²) in [7, 11) is 3.19. The molecule has 0 saturated heterocycles. The Balaban J connectivity index is 1.02. The number of hydrogen-bond donors (Lipinski definition) is 5. The molecule has 0 saturated carbocycles. The molecule has 6 N–H and O–H groups in total. The van der Waals surface area contributed by atoms with E-state index < -0.39 is 18.0 Å². The van der Waals surface area contributed by atoms with Crippen molar-refractivity contribution < 1.29 is 28.7 Å². The van der Waals surface area contributed by atoms with E-state index in [0.717, 1.165) is 22.2 Å². The standard InChI is InChI=1S/C52H60Cl2N12O6/c1-5-64-30-32-14-8-16-34(44(32)52(64)70)50(68)60-35(47-62-45-37(65(47)6-2)19-9-21-39(45)71-3)18-12-24-57-42(28-54)58-25-26-66-38-20-10-22-40(72-4)46(38)63-48(66)36(17-11-23-56-41(55)27-53)61-49(67)33-15-7-13-31-29-59-51(69)43(31)33/h7-10,13-16,19-22,35-36H,5-6,11-12,17-18,23-30H2,1-4H3,(H2,55,56)(H,57,58)(H,59,69)(H,60,68)(H,61,67)/t35-,36-/m0/s1. The number of nitrogens with one attached hydrogen (secondary N) is 4. The van der Waals surface area contributed by atoms with Crippen LogP contribution in [-0.2, 0) is 26.2 Å². The van der Waals surface area contributed by atoms with Crippen molar-refractivity contribution in [2.24, 2.45) is 15.7 Å². The molecule has 378 valence electrons. The number of carbonyl (C=O) groups is 4. The molecule has 6 aromatic rings. The van der Waals surface area contributed by atoms with Crippen molar-refractivity contribution in [1.82, 2.24) is 45.3 Å². The van der Waals surface area contributed by atoms with Crippen molar-refractivity contribution in [2.45, 2.75) is 77.8 Å². The summed E-state index contributed by atoms with van der Waals surface area (Å²) in [6.07, 6.45) is 2.00. The molecule has 4 heterocycles. The molecule has 2 aromatic heterocycles. The van der Waals surface area contributed by atoms with Gasteiger partial charge < -0.3 is 50.5 Å². The Labute approximate surface area is 427 Å². The lowest BCUT2D eigenvalue weighted by atomic mass is 10.0. The van der Waals surface area contributed by atoms with E-state index in [0.29, 0.717) is 141 Å². The number of fused-ring (bicyclic) bond motifs is 4. The summed E-state index contributed by atoms with van der Waals surface area (Å²) in [5, 5.41) is 12.7. The highest BCUT2D eigenvalue weighted by atomic mass is 35.5. The fraction of sp³-hybridized carbons (Fsp3) is 0.385. The predicted octanol–water partition coefficient (Wildman–Crippen LogP) is 6.67. The van der Waals surface area contributed by atoms with Crippen molar-refractivity contribution >= 4 is 80.6 Å². The number of imidazole rings is 2. The number of hydrogen-bond acceptors (Lipinski definition) is 10. The van der Waals surface area contributed by atoms with Gasteiger partial charge in [0.25, 0.3) is 23.6 Å². The minimum atomic E-state index is -0.617. The van der Waals surface area contributed by atoms with Crippen molar-refractivity contribution in [2.75, 3.05) is 52.2 Å². The lowest BCUT2D eigenvalue weighted by Crippen LogP contribution is -2.33. The van der Waals surface area contributed by atoms with E-state index in [4.69, 9.17) is 53.4 Å².